The summed E-state index contributed by atoms with van der Waals surface area (Å²) < 4.78 is 5.31. The number of carbonyl (C=O) groups is 3. The van der Waals surface area contributed by atoms with E-state index >= 15 is 0 Å². The molecule has 0 aromatic carbocycles. The molecule has 9 nitrogen and oxygen atoms in total. The van der Waals surface area contributed by atoms with Crippen LogP contribution in [-0.2, 0) is 25.7 Å². The number of amides is 2. The summed E-state index contributed by atoms with van der Waals surface area (Å²) in [5, 5.41) is 3.06. The normalized spacial score (nSPS) is 21.3. The monoisotopic (exact) mass is 417 g/mol. The molecule has 0 saturated carbocycles. The van der Waals surface area contributed by atoms with Crippen LogP contribution in [0.2, 0.25) is 0 Å². The standard InChI is InChI=1S/C21H31N5O4/c1-13(27)25(5)12-15-10-17(22-4)24-19(23-15)14-6-8-26(9-7-14)20(29)16-11-18(28)30-21(16,2)3/h10,14,16H,6-9,11-12H2,1-5H3,(H,22,23,24)/t16-/m1/s1. The highest BCUT2D eigenvalue weighted by atomic mass is 16.6. The number of hydrogen-bond donors (Lipinski definition) is 1. The first-order valence-corrected chi connectivity index (χ1v) is 10.4. The van der Waals surface area contributed by atoms with E-state index in [1.807, 2.05) is 11.0 Å². The Morgan fingerprint density at radius 3 is 2.50 bits per heavy atom. The number of hydrogen-bond acceptors (Lipinski definition) is 7. The highest BCUT2D eigenvalue weighted by Crippen LogP contribution is 2.35. The van der Waals surface area contributed by atoms with Gasteiger partial charge in [-0.1, -0.05) is 0 Å². The summed E-state index contributed by atoms with van der Waals surface area (Å²) in [7, 11) is 3.55. The molecule has 0 radical (unpaired) electrons. The summed E-state index contributed by atoms with van der Waals surface area (Å²) in [4.78, 5) is 48.9. The van der Waals surface area contributed by atoms with E-state index in [0.29, 0.717) is 25.5 Å². The Labute approximate surface area is 177 Å². The van der Waals surface area contributed by atoms with Crippen LogP contribution in [0.15, 0.2) is 6.07 Å². The van der Waals surface area contributed by atoms with Gasteiger partial charge in [0.15, 0.2) is 0 Å². The summed E-state index contributed by atoms with van der Waals surface area (Å²) in [6, 6.07) is 1.85. The van der Waals surface area contributed by atoms with Gasteiger partial charge in [-0.25, -0.2) is 9.97 Å². The summed E-state index contributed by atoms with van der Waals surface area (Å²) in [6.07, 6.45) is 1.65. The van der Waals surface area contributed by atoms with Crippen LogP contribution in [0, 0.1) is 5.92 Å². The maximum absolute atomic E-state index is 13.0. The second kappa shape index (κ2) is 8.57. The zero-order valence-corrected chi connectivity index (χ0v) is 18.4. The molecule has 30 heavy (non-hydrogen) atoms. The van der Waals surface area contributed by atoms with Crippen molar-refractivity contribution in [3.63, 3.8) is 0 Å². The zero-order valence-electron chi connectivity index (χ0n) is 18.4. The molecule has 1 atom stereocenters. The molecule has 0 aliphatic carbocycles. The number of likely N-dealkylation sites (tertiary alicyclic amines) is 1. The van der Waals surface area contributed by atoms with E-state index in [1.165, 1.54) is 6.92 Å². The average molecular weight is 418 g/mol. The van der Waals surface area contributed by atoms with Crippen molar-refractivity contribution in [2.75, 3.05) is 32.5 Å². The highest BCUT2D eigenvalue weighted by molar-refractivity contribution is 5.87. The number of nitrogens with one attached hydrogen (secondary N) is 1. The van der Waals surface area contributed by atoms with Gasteiger partial charge >= 0.3 is 5.97 Å². The van der Waals surface area contributed by atoms with Gasteiger partial charge < -0.3 is 19.9 Å². The fourth-order valence-electron chi connectivity index (χ4n) is 4.05. The van der Waals surface area contributed by atoms with Crippen LogP contribution in [0.3, 0.4) is 0 Å². The van der Waals surface area contributed by atoms with Gasteiger partial charge in [0.2, 0.25) is 11.8 Å². The van der Waals surface area contributed by atoms with Crippen LogP contribution in [-0.4, -0.2) is 70.3 Å². The van der Waals surface area contributed by atoms with Crippen LogP contribution in [0.1, 0.15) is 57.5 Å². The molecule has 2 aliphatic heterocycles. The molecule has 164 valence electrons. The number of nitrogens with zero attached hydrogens (tertiary/aromatic N) is 4. The van der Waals surface area contributed by atoms with Crippen molar-refractivity contribution < 1.29 is 19.1 Å². The van der Waals surface area contributed by atoms with Crippen LogP contribution >= 0.6 is 0 Å². The molecule has 1 aromatic rings. The maximum Gasteiger partial charge on any atom is 0.307 e. The molecular formula is C21H31N5O4. The number of carbonyl (C=O) groups excluding carboxylic acids is 3. The predicted molar refractivity (Wildman–Crippen MR) is 111 cm³/mol. The molecule has 0 bridgehead atoms. The molecular weight excluding hydrogens is 386 g/mol. The molecule has 2 saturated heterocycles. The van der Waals surface area contributed by atoms with Crippen molar-refractivity contribution in [2.45, 2.75) is 58.1 Å². The SMILES string of the molecule is CNc1cc(CN(C)C(C)=O)nc(C2CCN(C(=O)[C@H]3CC(=O)OC3(C)C)CC2)n1. The van der Waals surface area contributed by atoms with E-state index in [0.717, 1.165) is 24.4 Å². The van der Waals surface area contributed by atoms with Gasteiger partial charge in [-0.05, 0) is 26.7 Å². The van der Waals surface area contributed by atoms with E-state index < -0.39 is 11.5 Å². The summed E-state index contributed by atoms with van der Waals surface area (Å²) in [6.45, 7) is 6.73. The Bertz CT molecular complexity index is 833. The molecule has 0 spiro atoms. The van der Waals surface area contributed by atoms with Gasteiger partial charge in [-0.3, -0.25) is 14.4 Å². The Morgan fingerprint density at radius 2 is 1.97 bits per heavy atom. The van der Waals surface area contributed by atoms with Gasteiger partial charge in [0.05, 0.1) is 24.6 Å². The van der Waals surface area contributed by atoms with Crippen molar-refractivity contribution in [3.8, 4) is 0 Å². The molecule has 0 unspecified atom stereocenters. The lowest BCUT2D eigenvalue weighted by atomic mass is 9.88. The van der Waals surface area contributed by atoms with Crippen LogP contribution < -0.4 is 5.32 Å². The van der Waals surface area contributed by atoms with Gasteiger partial charge in [-0.2, -0.15) is 0 Å². The lowest BCUT2D eigenvalue weighted by molar-refractivity contribution is -0.149. The number of cyclic esters (lactones) is 1. The molecule has 2 aliphatic rings. The fraction of sp³-hybridized carbons (Fsp3) is 0.667. The predicted octanol–water partition coefficient (Wildman–Crippen LogP) is 1.54. The average Bonchev–Trinajstić information content (AvgIpc) is 2.99. The number of piperidine rings is 1. The third-order valence-corrected chi connectivity index (χ3v) is 6.05. The number of rotatable bonds is 5. The maximum atomic E-state index is 13.0. The Hall–Kier alpha value is -2.71. The molecule has 1 aromatic heterocycles. The molecule has 3 rings (SSSR count). The topological polar surface area (TPSA) is 105 Å². The van der Waals surface area contributed by atoms with Crippen molar-refractivity contribution in [2.24, 2.45) is 5.92 Å². The van der Waals surface area contributed by atoms with Gasteiger partial charge in [0, 0.05) is 46.1 Å². The summed E-state index contributed by atoms with van der Waals surface area (Å²) in [5.41, 5.74) is 0.0244. The molecule has 9 heteroatoms. The summed E-state index contributed by atoms with van der Waals surface area (Å²) in [5.74, 6) is 0.809. The van der Waals surface area contributed by atoms with Crippen molar-refractivity contribution in [3.05, 3.63) is 17.6 Å². The second-order valence-corrected chi connectivity index (χ2v) is 8.66. The van der Waals surface area contributed by atoms with Crippen molar-refractivity contribution >= 4 is 23.6 Å². The van der Waals surface area contributed by atoms with E-state index in [-0.39, 0.29) is 30.1 Å². The lowest BCUT2D eigenvalue weighted by Gasteiger charge is -2.35. The molecule has 2 amide bonds. The minimum atomic E-state index is -0.757. The van der Waals surface area contributed by atoms with E-state index in [9.17, 15) is 14.4 Å². The van der Waals surface area contributed by atoms with Crippen LogP contribution in [0.4, 0.5) is 5.82 Å². The molecule has 3 heterocycles. The van der Waals surface area contributed by atoms with Crippen molar-refractivity contribution in [1.82, 2.24) is 19.8 Å². The fourth-order valence-corrected chi connectivity index (χ4v) is 4.05. The number of anilines is 1. The van der Waals surface area contributed by atoms with E-state index in [1.54, 1.807) is 32.8 Å². The first-order valence-electron chi connectivity index (χ1n) is 10.4. The van der Waals surface area contributed by atoms with Crippen LogP contribution in [0.5, 0.6) is 0 Å². The Kier molecular flexibility index (Phi) is 6.28. The summed E-state index contributed by atoms with van der Waals surface area (Å²) >= 11 is 0. The minimum absolute atomic E-state index is 0.0158. The highest BCUT2D eigenvalue weighted by Gasteiger charge is 2.47. The molecule has 2 fully saturated rings. The van der Waals surface area contributed by atoms with Crippen LogP contribution in [0.25, 0.3) is 0 Å². The number of ether oxygens (including phenoxy) is 1. The largest absolute Gasteiger partial charge is 0.459 e. The third kappa shape index (κ3) is 4.71. The first-order chi connectivity index (χ1) is 14.1. The van der Waals surface area contributed by atoms with E-state index in [2.05, 4.69) is 10.3 Å². The smallest absolute Gasteiger partial charge is 0.307 e. The van der Waals surface area contributed by atoms with E-state index in [4.69, 9.17) is 9.72 Å². The van der Waals surface area contributed by atoms with Gasteiger partial charge in [0.25, 0.3) is 0 Å². The number of esters is 1. The lowest BCUT2D eigenvalue weighted by Crippen LogP contribution is -2.46. The molecule has 1 N–H and O–H groups in total. The Balaban J connectivity index is 1.68. The van der Waals surface area contributed by atoms with Crippen molar-refractivity contribution in [1.29, 1.82) is 0 Å². The zero-order chi connectivity index (χ0) is 22.1. The second-order valence-electron chi connectivity index (χ2n) is 8.66. The van der Waals surface area contributed by atoms with Gasteiger partial charge in [-0.15, -0.1) is 0 Å². The van der Waals surface area contributed by atoms with Gasteiger partial charge in [0.1, 0.15) is 17.2 Å². The third-order valence-electron chi connectivity index (χ3n) is 6.05. The minimum Gasteiger partial charge on any atom is -0.459 e. The first kappa shape index (κ1) is 22.0. The number of aromatic nitrogens is 2. The Morgan fingerprint density at radius 1 is 1.30 bits per heavy atom. The quantitative estimate of drug-likeness (QED) is 0.725.